The average Bonchev–Trinajstić information content (AvgIpc) is 2.69. The molecule has 1 heterocycles. The number of hydrogen-bond donors (Lipinski definition) is 0. The second-order valence-electron chi connectivity index (χ2n) is 4.84. The molecule has 86 valence electrons. The molecule has 1 unspecified atom stereocenters. The highest BCUT2D eigenvalue weighted by molar-refractivity contribution is 5.39. The van der Waals surface area contributed by atoms with Crippen molar-refractivity contribution in [3.05, 3.63) is 12.2 Å². The maximum Gasteiger partial charge on any atom is 0.206 e. The van der Waals surface area contributed by atoms with Gasteiger partial charge in [-0.3, -0.25) is 4.90 Å². The minimum absolute atomic E-state index is 0.152. The lowest BCUT2D eigenvalue weighted by molar-refractivity contribution is -0.210. The van der Waals surface area contributed by atoms with E-state index in [9.17, 15) is 0 Å². The highest BCUT2D eigenvalue weighted by Crippen LogP contribution is 2.54. The Morgan fingerprint density at radius 1 is 1.40 bits per heavy atom. The van der Waals surface area contributed by atoms with Crippen molar-refractivity contribution in [3.8, 4) is 0 Å². The van der Waals surface area contributed by atoms with Crippen LogP contribution in [0.15, 0.2) is 12.2 Å². The summed E-state index contributed by atoms with van der Waals surface area (Å²) in [5.41, 5.74) is 0.152. The first kappa shape index (κ1) is 11.1. The van der Waals surface area contributed by atoms with Crippen molar-refractivity contribution in [3.63, 3.8) is 0 Å². The van der Waals surface area contributed by atoms with E-state index in [1.807, 2.05) is 13.8 Å². The molecular formula is C12H21NO2. The summed E-state index contributed by atoms with van der Waals surface area (Å²) in [6.45, 7) is 9.54. The molecule has 3 nitrogen and oxygen atoms in total. The van der Waals surface area contributed by atoms with Crippen LogP contribution in [0.3, 0.4) is 0 Å². The molecule has 1 aliphatic carbocycles. The largest absolute Gasteiger partial charge is 0.348 e. The Bertz CT molecular complexity index is 289. The van der Waals surface area contributed by atoms with Crippen molar-refractivity contribution < 1.29 is 9.47 Å². The third-order valence-electron chi connectivity index (χ3n) is 3.53. The first-order valence-corrected chi connectivity index (χ1v) is 5.70. The molecule has 0 aromatic carbocycles. The van der Waals surface area contributed by atoms with Gasteiger partial charge in [-0.2, -0.15) is 0 Å². The highest BCUT2D eigenvalue weighted by Gasteiger charge is 2.70. The van der Waals surface area contributed by atoms with E-state index in [1.165, 1.54) is 0 Å². The van der Waals surface area contributed by atoms with Crippen molar-refractivity contribution in [1.29, 1.82) is 0 Å². The average molecular weight is 211 g/mol. The Morgan fingerprint density at radius 2 is 2.07 bits per heavy atom. The number of rotatable bonds is 4. The van der Waals surface area contributed by atoms with Crippen LogP contribution >= 0.6 is 0 Å². The number of likely N-dealkylation sites (N-methyl/N-ethyl adjacent to an activating group) is 1. The molecule has 1 aliphatic heterocycles. The zero-order chi connectivity index (χ0) is 11.3. The van der Waals surface area contributed by atoms with Gasteiger partial charge in [-0.25, -0.2) is 0 Å². The Kier molecular flexibility index (Phi) is 2.45. The Labute approximate surface area is 92.0 Å². The molecule has 3 heteroatoms. The normalized spacial score (nSPS) is 47.3. The lowest BCUT2D eigenvalue weighted by Crippen LogP contribution is -2.42. The first-order chi connectivity index (χ1) is 7.00. The summed E-state index contributed by atoms with van der Waals surface area (Å²) in [5, 5.41) is 0. The van der Waals surface area contributed by atoms with Gasteiger partial charge in [0.05, 0.1) is 17.7 Å². The van der Waals surface area contributed by atoms with Crippen molar-refractivity contribution in [2.45, 2.75) is 51.2 Å². The predicted molar refractivity (Wildman–Crippen MR) is 59.7 cm³/mol. The number of ether oxygens (including phenoxy) is 2. The summed E-state index contributed by atoms with van der Waals surface area (Å²) in [6, 6.07) is 0.349. The molecule has 4 atom stereocenters. The lowest BCUT2D eigenvalue weighted by atomic mass is 10.1. The van der Waals surface area contributed by atoms with E-state index >= 15 is 0 Å². The van der Waals surface area contributed by atoms with Gasteiger partial charge < -0.3 is 9.47 Å². The SMILES string of the molecule is CCN1[C@@H]2[C@](OC)(OC(C)C)C=C[C@@]21C. The molecule has 1 saturated heterocycles. The summed E-state index contributed by atoms with van der Waals surface area (Å²) >= 11 is 0. The van der Waals surface area contributed by atoms with Crippen LogP contribution in [0.5, 0.6) is 0 Å². The highest BCUT2D eigenvalue weighted by atomic mass is 16.7. The molecule has 0 bridgehead atoms. The first-order valence-electron chi connectivity index (χ1n) is 5.70. The minimum atomic E-state index is -0.529. The maximum absolute atomic E-state index is 5.95. The Hall–Kier alpha value is -0.380. The predicted octanol–water partition coefficient (Wildman–Crippen LogP) is 1.79. The molecule has 0 spiro atoms. The van der Waals surface area contributed by atoms with Crippen molar-refractivity contribution >= 4 is 0 Å². The minimum Gasteiger partial charge on any atom is -0.348 e. The van der Waals surface area contributed by atoms with E-state index in [0.29, 0.717) is 6.04 Å². The molecule has 0 saturated carbocycles. The van der Waals surface area contributed by atoms with Gasteiger partial charge in [0.25, 0.3) is 0 Å². The van der Waals surface area contributed by atoms with Crippen LogP contribution in [0.25, 0.3) is 0 Å². The van der Waals surface area contributed by atoms with Crippen molar-refractivity contribution in [2.75, 3.05) is 13.7 Å². The van der Waals surface area contributed by atoms with Crippen LogP contribution in [-0.4, -0.2) is 42.0 Å². The third kappa shape index (κ3) is 1.37. The van der Waals surface area contributed by atoms with Crippen LogP contribution in [0.1, 0.15) is 27.7 Å². The quantitative estimate of drug-likeness (QED) is 0.402. The van der Waals surface area contributed by atoms with Crippen molar-refractivity contribution in [2.24, 2.45) is 0 Å². The summed E-state index contributed by atoms with van der Waals surface area (Å²) in [4.78, 5) is 2.40. The van der Waals surface area contributed by atoms with Gasteiger partial charge in [0.1, 0.15) is 0 Å². The zero-order valence-corrected chi connectivity index (χ0v) is 10.3. The summed E-state index contributed by atoms with van der Waals surface area (Å²) in [6.07, 6.45) is 4.47. The van der Waals surface area contributed by atoms with Gasteiger partial charge in [-0.05, 0) is 33.4 Å². The van der Waals surface area contributed by atoms with E-state index in [1.54, 1.807) is 7.11 Å². The molecule has 2 aliphatic rings. The number of methoxy groups -OCH3 is 1. The molecule has 0 radical (unpaired) electrons. The fraction of sp³-hybridized carbons (Fsp3) is 0.833. The third-order valence-corrected chi connectivity index (χ3v) is 3.53. The van der Waals surface area contributed by atoms with E-state index in [-0.39, 0.29) is 11.6 Å². The summed E-state index contributed by atoms with van der Waals surface area (Å²) in [5.74, 6) is -0.529. The second-order valence-corrected chi connectivity index (χ2v) is 4.84. The van der Waals surface area contributed by atoms with E-state index < -0.39 is 5.79 Å². The van der Waals surface area contributed by atoms with Gasteiger partial charge in [0.15, 0.2) is 0 Å². The van der Waals surface area contributed by atoms with Gasteiger partial charge in [0, 0.05) is 7.11 Å². The molecule has 0 amide bonds. The topological polar surface area (TPSA) is 21.5 Å². The fourth-order valence-electron chi connectivity index (χ4n) is 2.88. The smallest absolute Gasteiger partial charge is 0.206 e. The lowest BCUT2D eigenvalue weighted by Gasteiger charge is -2.30. The van der Waals surface area contributed by atoms with Gasteiger partial charge in [0.2, 0.25) is 5.79 Å². The van der Waals surface area contributed by atoms with E-state index in [2.05, 4.69) is 30.9 Å². The van der Waals surface area contributed by atoms with Crippen LogP contribution in [0.2, 0.25) is 0 Å². The maximum atomic E-state index is 5.95. The van der Waals surface area contributed by atoms with Gasteiger partial charge in [-0.15, -0.1) is 0 Å². The monoisotopic (exact) mass is 211 g/mol. The fourth-order valence-corrected chi connectivity index (χ4v) is 2.88. The Balaban J connectivity index is 2.20. The number of hydrogen-bond acceptors (Lipinski definition) is 3. The van der Waals surface area contributed by atoms with Crippen LogP contribution in [0.4, 0.5) is 0 Å². The van der Waals surface area contributed by atoms with Crippen molar-refractivity contribution in [1.82, 2.24) is 4.90 Å². The molecule has 15 heavy (non-hydrogen) atoms. The van der Waals surface area contributed by atoms with E-state index in [0.717, 1.165) is 6.54 Å². The second kappa shape index (κ2) is 3.30. The molecule has 0 aromatic rings. The molecule has 0 aromatic heterocycles. The molecule has 0 N–H and O–H groups in total. The molecule has 1 fully saturated rings. The number of fused-ring (bicyclic) bond motifs is 1. The van der Waals surface area contributed by atoms with Crippen LogP contribution < -0.4 is 0 Å². The Morgan fingerprint density at radius 3 is 2.47 bits per heavy atom. The number of nitrogens with zero attached hydrogens (tertiary/aromatic N) is 1. The molecular weight excluding hydrogens is 190 g/mol. The van der Waals surface area contributed by atoms with E-state index in [4.69, 9.17) is 9.47 Å². The molecule has 2 rings (SSSR count). The van der Waals surface area contributed by atoms with Gasteiger partial charge in [-0.1, -0.05) is 13.0 Å². The zero-order valence-electron chi connectivity index (χ0n) is 10.3. The van der Waals surface area contributed by atoms with Gasteiger partial charge >= 0.3 is 0 Å². The van der Waals surface area contributed by atoms with Crippen LogP contribution in [0, 0.1) is 0 Å². The van der Waals surface area contributed by atoms with Crippen LogP contribution in [-0.2, 0) is 9.47 Å². The standard InChI is InChI=1S/C12H21NO2/c1-6-13-10-11(13,4)7-8-12(10,14-5)15-9(2)3/h7-10H,6H2,1-5H3/t10-,11-,12+,13?/m0/s1. The summed E-state index contributed by atoms with van der Waals surface area (Å²) < 4.78 is 11.6. The summed E-state index contributed by atoms with van der Waals surface area (Å²) in [7, 11) is 1.73.